The highest BCUT2D eigenvalue weighted by Gasteiger charge is 2.07. The van der Waals surface area contributed by atoms with E-state index in [-0.39, 0.29) is 0 Å². The summed E-state index contributed by atoms with van der Waals surface area (Å²) in [6, 6.07) is 10.3. The van der Waals surface area contributed by atoms with Crippen LogP contribution >= 0.6 is 0 Å². The van der Waals surface area contributed by atoms with Gasteiger partial charge in [-0.25, -0.2) is 9.97 Å². The number of nitrogens with one attached hydrogen (secondary N) is 1. The minimum atomic E-state index is 0.782. The van der Waals surface area contributed by atoms with Crippen molar-refractivity contribution in [1.29, 1.82) is 0 Å². The Morgan fingerprint density at radius 1 is 1.05 bits per heavy atom. The van der Waals surface area contributed by atoms with Crippen molar-refractivity contribution in [2.24, 2.45) is 0 Å². The summed E-state index contributed by atoms with van der Waals surface area (Å²) < 4.78 is 0. The van der Waals surface area contributed by atoms with Crippen molar-refractivity contribution in [1.82, 2.24) is 9.97 Å². The zero-order chi connectivity index (χ0) is 14.5. The standard InChI is InChI=1S/C16H22N4/c1-5-20(6-2)16-11-15(17-13(4)18-16)19-14-9-7-8-12(3)10-14/h7-11H,5-6H2,1-4H3,(H,17,18,19). The Morgan fingerprint density at radius 2 is 1.80 bits per heavy atom. The molecule has 0 saturated carbocycles. The van der Waals surface area contributed by atoms with Crippen molar-refractivity contribution in [3.63, 3.8) is 0 Å². The Balaban J connectivity index is 2.28. The van der Waals surface area contributed by atoms with Crippen molar-refractivity contribution in [3.8, 4) is 0 Å². The SMILES string of the molecule is CCN(CC)c1cc(Nc2cccc(C)c2)nc(C)n1. The summed E-state index contributed by atoms with van der Waals surface area (Å²) in [6.45, 7) is 10.2. The van der Waals surface area contributed by atoms with E-state index >= 15 is 0 Å². The average molecular weight is 270 g/mol. The molecule has 0 bridgehead atoms. The van der Waals surface area contributed by atoms with E-state index in [1.165, 1.54) is 5.56 Å². The van der Waals surface area contributed by atoms with Crippen molar-refractivity contribution in [2.75, 3.05) is 23.3 Å². The van der Waals surface area contributed by atoms with Gasteiger partial charge < -0.3 is 10.2 Å². The van der Waals surface area contributed by atoms with Crippen molar-refractivity contribution >= 4 is 17.3 Å². The van der Waals surface area contributed by atoms with Crippen LogP contribution in [0, 0.1) is 13.8 Å². The molecule has 0 saturated heterocycles. The molecule has 4 heteroatoms. The molecule has 4 nitrogen and oxygen atoms in total. The molecule has 0 aliphatic carbocycles. The van der Waals surface area contributed by atoms with Gasteiger partial charge in [0.05, 0.1) is 0 Å². The lowest BCUT2D eigenvalue weighted by Gasteiger charge is -2.20. The highest BCUT2D eigenvalue weighted by atomic mass is 15.2. The second kappa shape index (κ2) is 6.37. The summed E-state index contributed by atoms with van der Waals surface area (Å²) in [7, 11) is 0. The molecule has 2 aromatic rings. The monoisotopic (exact) mass is 270 g/mol. The van der Waals surface area contributed by atoms with Crippen LogP contribution in [-0.2, 0) is 0 Å². The molecular formula is C16H22N4. The first-order valence-electron chi connectivity index (χ1n) is 7.06. The van der Waals surface area contributed by atoms with Gasteiger partial charge >= 0.3 is 0 Å². The third kappa shape index (κ3) is 3.47. The lowest BCUT2D eigenvalue weighted by molar-refractivity contribution is 0.835. The van der Waals surface area contributed by atoms with Gasteiger partial charge in [0, 0.05) is 24.8 Å². The van der Waals surface area contributed by atoms with Crippen LogP contribution in [0.2, 0.25) is 0 Å². The van der Waals surface area contributed by atoms with Gasteiger partial charge in [-0.2, -0.15) is 0 Å². The molecule has 0 radical (unpaired) electrons. The first kappa shape index (κ1) is 14.3. The van der Waals surface area contributed by atoms with Crippen molar-refractivity contribution in [2.45, 2.75) is 27.7 Å². The zero-order valence-corrected chi connectivity index (χ0v) is 12.6. The number of aryl methyl sites for hydroxylation is 2. The first-order chi connectivity index (χ1) is 9.62. The molecule has 1 aromatic heterocycles. The van der Waals surface area contributed by atoms with Gasteiger partial charge in [-0.15, -0.1) is 0 Å². The molecule has 0 fully saturated rings. The summed E-state index contributed by atoms with van der Waals surface area (Å²) in [5, 5.41) is 3.35. The number of anilines is 3. The summed E-state index contributed by atoms with van der Waals surface area (Å²) in [5.74, 6) is 2.59. The van der Waals surface area contributed by atoms with Gasteiger partial charge in [0.2, 0.25) is 0 Å². The molecule has 1 N–H and O–H groups in total. The third-order valence-electron chi connectivity index (χ3n) is 3.20. The summed E-state index contributed by atoms with van der Waals surface area (Å²) in [5.41, 5.74) is 2.28. The fourth-order valence-electron chi connectivity index (χ4n) is 2.20. The van der Waals surface area contributed by atoms with E-state index < -0.39 is 0 Å². The van der Waals surface area contributed by atoms with Gasteiger partial charge in [-0.3, -0.25) is 0 Å². The van der Waals surface area contributed by atoms with Crippen LogP contribution in [0.5, 0.6) is 0 Å². The predicted molar refractivity (Wildman–Crippen MR) is 84.8 cm³/mol. The number of hydrogen-bond donors (Lipinski definition) is 1. The van der Waals surface area contributed by atoms with E-state index in [2.05, 4.69) is 53.1 Å². The summed E-state index contributed by atoms with van der Waals surface area (Å²) in [6.07, 6.45) is 0. The average Bonchev–Trinajstić information content (AvgIpc) is 2.39. The topological polar surface area (TPSA) is 41.0 Å². The van der Waals surface area contributed by atoms with Crippen LogP contribution in [0.1, 0.15) is 25.2 Å². The fraction of sp³-hybridized carbons (Fsp3) is 0.375. The van der Waals surface area contributed by atoms with Crippen LogP contribution < -0.4 is 10.2 Å². The van der Waals surface area contributed by atoms with Gasteiger partial charge in [0.25, 0.3) is 0 Å². The van der Waals surface area contributed by atoms with Crippen molar-refractivity contribution in [3.05, 3.63) is 41.7 Å². The molecule has 0 spiro atoms. The van der Waals surface area contributed by atoms with E-state index in [0.29, 0.717) is 0 Å². The Hall–Kier alpha value is -2.10. The predicted octanol–water partition coefficient (Wildman–Crippen LogP) is 3.68. The zero-order valence-electron chi connectivity index (χ0n) is 12.6. The van der Waals surface area contributed by atoms with Crippen LogP contribution in [0.3, 0.4) is 0 Å². The Bertz CT molecular complexity index is 576. The molecule has 106 valence electrons. The van der Waals surface area contributed by atoms with E-state index in [1.807, 2.05) is 25.1 Å². The molecule has 0 amide bonds. The highest BCUT2D eigenvalue weighted by molar-refractivity contribution is 5.60. The van der Waals surface area contributed by atoms with E-state index in [1.54, 1.807) is 0 Å². The van der Waals surface area contributed by atoms with E-state index in [9.17, 15) is 0 Å². The maximum atomic E-state index is 4.51. The number of hydrogen-bond acceptors (Lipinski definition) is 4. The molecule has 0 aliphatic heterocycles. The van der Waals surface area contributed by atoms with Crippen LogP contribution in [0.25, 0.3) is 0 Å². The fourth-order valence-corrected chi connectivity index (χ4v) is 2.20. The van der Waals surface area contributed by atoms with Gasteiger partial charge in [-0.1, -0.05) is 12.1 Å². The van der Waals surface area contributed by atoms with Gasteiger partial charge in [0.1, 0.15) is 17.5 Å². The molecule has 0 unspecified atom stereocenters. The molecule has 0 aliphatic rings. The lowest BCUT2D eigenvalue weighted by Crippen LogP contribution is -2.23. The molecule has 20 heavy (non-hydrogen) atoms. The largest absolute Gasteiger partial charge is 0.357 e. The maximum Gasteiger partial charge on any atom is 0.136 e. The quantitative estimate of drug-likeness (QED) is 0.899. The number of benzene rings is 1. The lowest BCUT2D eigenvalue weighted by atomic mass is 10.2. The smallest absolute Gasteiger partial charge is 0.136 e. The summed E-state index contributed by atoms with van der Waals surface area (Å²) in [4.78, 5) is 11.2. The van der Waals surface area contributed by atoms with Crippen molar-refractivity contribution < 1.29 is 0 Å². The minimum absolute atomic E-state index is 0.782. The second-order valence-corrected chi connectivity index (χ2v) is 4.83. The summed E-state index contributed by atoms with van der Waals surface area (Å²) >= 11 is 0. The Kier molecular flexibility index (Phi) is 4.56. The van der Waals surface area contributed by atoms with Gasteiger partial charge in [-0.05, 0) is 45.4 Å². The first-order valence-corrected chi connectivity index (χ1v) is 7.06. The van der Waals surface area contributed by atoms with Crippen LogP contribution in [0.4, 0.5) is 17.3 Å². The second-order valence-electron chi connectivity index (χ2n) is 4.83. The van der Waals surface area contributed by atoms with Gasteiger partial charge in [0.15, 0.2) is 0 Å². The Morgan fingerprint density at radius 3 is 2.45 bits per heavy atom. The Labute approximate surface area is 120 Å². The number of nitrogens with zero attached hydrogens (tertiary/aromatic N) is 3. The molecule has 1 aromatic carbocycles. The molecule has 2 rings (SSSR count). The number of rotatable bonds is 5. The number of aromatic nitrogens is 2. The molecule has 1 heterocycles. The molecule has 0 atom stereocenters. The van der Waals surface area contributed by atoms with Crippen LogP contribution in [0.15, 0.2) is 30.3 Å². The highest BCUT2D eigenvalue weighted by Crippen LogP contribution is 2.20. The van der Waals surface area contributed by atoms with Crippen LogP contribution in [-0.4, -0.2) is 23.1 Å². The maximum absolute atomic E-state index is 4.51. The normalized spacial score (nSPS) is 10.4. The minimum Gasteiger partial charge on any atom is -0.357 e. The third-order valence-corrected chi connectivity index (χ3v) is 3.20. The molecular weight excluding hydrogens is 248 g/mol. The van der Waals surface area contributed by atoms with E-state index in [4.69, 9.17) is 0 Å². The van der Waals surface area contributed by atoms with E-state index in [0.717, 1.165) is 36.2 Å².